The number of hydrogen-bond donors (Lipinski definition) is 1. The predicted molar refractivity (Wildman–Crippen MR) is 101 cm³/mol. The van der Waals surface area contributed by atoms with Crippen LogP contribution in [0, 0.1) is 0 Å². The zero-order chi connectivity index (χ0) is 17.2. The molecular weight excluding hydrogens is 393 g/mol. The molecule has 0 aromatic rings. The van der Waals surface area contributed by atoms with Crippen molar-refractivity contribution in [3.8, 4) is 0 Å². The number of alkyl carbamates (subject to hydrolysis) is 1. The number of hydrogen-bond acceptors (Lipinski definition) is 3. The van der Waals surface area contributed by atoms with E-state index in [9.17, 15) is 4.79 Å². The van der Waals surface area contributed by atoms with Crippen molar-refractivity contribution in [2.45, 2.75) is 91.0 Å². The maximum atomic E-state index is 11.8. The molecular formula is C17H34INO3. The average molecular weight is 427 g/mol. The number of ether oxygens (including phenoxy) is 2. The topological polar surface area (TPSA) is 47.6 Å². The molecule has 2 unspecified atom stereocenters. The Labute approximate surface area is 150 Å². The quantitative estimate of drug-likeness (QED) is 0.301. The summed E-state index contributed by atoms with van der Waals surface area (Å²) in [5.41, 5.74) is -0.833. The zero-order valence-corrected chi connectivity index (χ0v) is 17.3. The van der Waals surface area contributed by atoms with Crippen LogP contribution in [0.4, 0.5) is 4.79 Å². The van der Waals surface area contributed by atoms with Gasteiger partial charge in [-0.05, 0) is 41.0 Å². The Morgan fingerprint density at radius 3 is 2.32 bits per heavy atom. The van der Waals surface area contributed by atoms with Gasteiger partial charge in [-0.15, -0.1) is 0 Å². The molecule has 0 radical (unpaired) electrons. The van der Waals surface area contributed by atoms with Gasteiger partial charge in [-0.3, -0.25) is 0 Å². The van der Waals surface area contributed by atoms with Crippen LogP contribution in [0.15, 0.2) is 0 Å². The smallest absolute Gasteiger partial charge is 0.407 e. The van der Waals surface area contributed by atoms with E-state index >= 15 is 0 Å². The number of nitrogens with one attached hydrogen (secondary N) is 1. The lowest BCUT2D eigenvalue weighted by molar-refractivity contribution is -0.0611. The molecule has 22 heavy (non-hydrogen) atoms. The van der Waals surface area contributed by atoms with Crippen LogP contribution in [0.1, 0.15) is 73.6 Å². The Morgan fingerprint density at radius 1 is 1.18 bits per heavy atom. The number of carbonyl (C=O) groups is 1. The number of amides is 1. The SMILES string of the molecule is CCCCCCC(C)OC(C)(CI)CNC(=O)OC(C)(C)C. The molecule has 0 fully saturated rings. The van der Waals surface area contributed by atoms with Gasteiger partial charge in [-0.2, -0.15) is 0 Å². The monoisotopic (exact) mass is 427 g/mol. The van der Waals surface area contributed by atoms with E-state index in [0.717, 1.165) is 10.8 Å². The second kappa shape index (κ2) is 10.7. The lowest BCUT2D eigenvalue weighted by Crippen LogP contribution is -2.47. The maximum Gasteiger partial charge on any atom is 0.407 e. The molecule has 0 rings (SSSR count). The third-order valence-corrected chi connectivity index (χ3v) is 4.85. The summed E-state index contributed by atoms with van der Waals surface area (Å²) in [6, 6.07) is 0. The first-order chi connectivity index (χ1) is 10.1. The van der Waals surface area contributed by atoms with E-state index in [2.05, 4.69) is 41.8 Å². The molecule has 132 valence electrons. The summed E-state index contributed by atoms with van der Waals surface area (Å²) in [5.74, 6) is 0. The van der Waals surface area contributed by atoms with Crippen LogP contribution in [-0.2, 0) is 9.47 Å². The Bertz CT molecular complexity index is 318. The Balaban J connectivity index is 4.19. The molecule has 0 saturated carbocycles. The van der Waals surface area contributed by atoms with Crippen molar-refractivity contribution < 1.29 is 14.3 Å². The Hall–Kier alpha value is -0.0400. The highest BCUT2D eigenvalue weighted by Gasteiger charge is 2.28. The number of rotatable bonds is 10. The molecule has 0 heterocycles. The molecule has 0 aliphatic carbocycles. The fourth-order valence-corrected chi connectivity index (χ4v) is 2.55. The number of carbonyl (C=O) groups excluding carboxylic acids is 1. The van der Waals surface area contributed by atoms with E-state index in [4.69, 9.17) is 9.47 Å². The van der Waals surface area contributed by atoms with Crippen molar-refractivity contribution in [2.24, 2.45) is 0 Å². The summed E-state index contributed by atoms with van der Waals surface area (Å²) < 4.78 is 12.3. The first kappa shape index (κ1) is 22.0. The first-order valence-corrected chi connectivity index (χ1v) is 9.85. The highest BCUT2D eigenvalue weighted by atomic mass is 127. The lowest BCUT2D eigenvalue weighted by atomic mass is 10.1. The van der Waals surface area contributed by atoms with Gasteiger partial charge in [0, 0.05) is 4.43 Å². The summed E-state index contributed by atoms with van der Waals surface area (Å²) in [4.78, 5) is 11.8. The number of halogens is 1. The van der Waals surface area contributed by atoms with Gasteiger partial charge in [0.25, 0.3) is 0 Å². The molecule has 2 atom stereocenters. The molecule has 1 amide bonds. The predicted octanol–water partition coefficient (Wildman–Crippen LogP) is 5.08. The van der Waals surface area contributed by atoms with Crippen molar-refractivity contribution in [3.05, 3.63) is 0 Å². The van der Waals surface area contributed by atoms with Crippen LogP contribution in [0.3, 0.4) is 0 Å². The third-order valence-electron chi connectivity index (χ3n) is 3.24. The Kier molecular flexibility index (Phi) is 10.7. The van der Waals surface area contributed by atoms with Crippen molar-refractivity contribution in [3.63, 3.8) is 0 Å². The molecule has 0 aromatic heterocycles. The van der Waals surface area contributed by atoms with E-state index in [0.29, 0.717) is 6.54 Å². The van der Waals surface area contributed by atoms with Crippen molar-refractivity contribution in [2.75, 3.05) is 11.0 Å². The van der Waals surface area contributed by atoms with Gasteiger partial charge in [0.15, 0.2) is 0 Å². The van der Waals surface area contributed by atoms with Crippen molar-refractivity contribution in [1.29, 1.82) is 0 Å². The van der Waals surface area contributed by atoms with Gasteiger partial charge >= 0.3 is 6.09 Å². The molecule has 0 aliphatic heterocycles. The minimum absolute atomic E-state index is 0.206. The number of unbranched alkanes of at least 4 members (excludes halogenated alkanes) is 3. The average Bonchev–Trinajstić information content (AvgIpc) is 2.40. The van der Waals surface area contributed by atoms with E-state index in [1.807, 2.05) is 27.7 Å². The van der Waals surface area contributed by atoms with Gasteiger partial charge in [0.1, 0.15) is 5.60 Å². The van der Waals surface area contributed by atoms with Crippen LogP contribution in [-0.4, -0.2) is 34.4 Å². The molecule has 0 aromatic carbocycles. The highest BCUT2D eigenvalue weighted by molar-refractivity contribution is 14.1. The molecule has 4 nitrogen and oxygen atoms in total. The largest absolute Gasteiger partial charge is 0.444 e. The Morgan fingerprint density at radius 2 is 1.82 bits per heavy atom. The minimum Gasteiger partial charge on any atom is -0.444 e. The molecule has 0 aliphatic rings. The maximum absolute atomic E-state index is 11.8. The number of alkyl halides is 1. The summed E-state index contributed by atoms with van der Waals surface area (Å²) >= 11 is 2.31. The minimum atomic E-state index is -0.474. The highest BCUT2D eigenvalue weighted by Crippen LogP contribution is 2.19. The van der Waals surface area contributed by atoms with E-state index in [1.165, 1.54) is 25.7 Å². The van der Waals surface area contributed by atoms with Crippen LogP contribution < -0.4 is 5.32 Å². The van der Waals surface area contributed by atoms with Gasteiger partial charge in [0.05, 0.1) is 18.2 Å². The second-order valence-electron chi connectivity index (χ2n) is 7.22. The fourth-order valence-electron chi connectivity index (χ4n) is 2.10. The molecule has 0 saturated heterocycles. The summed E-state index contributed by atoms with van der Waals surface area (Å²) in [6.45, 7) is 12.4. The molecule has 0 spiro atoms. The first-order valence-electron chi connectivity index (χ1n) is 8.32. The molecule has 5 heteroatoms. The summed E-state index contributed by atoms with van der Waals surface area (Å²) in [6.07, 6.45) is 5.89. The third kappa shape index (κ3) is 11.5. The van der Waals surface area contributed by atoms with Gasteiger partial charge in [-0.25, -0.2) is 4.79 Å². The van der Waals surface area contributed by atoms with Crippen molar-refractivity contribution >= 4 is 28.7 Å². The van der Waals surface area contributed by atoms with Gasteiger partial charge in [0.2, 0.25) is 0 Å². The lowest BCUT2D eigenvalue weighted by Gasteiger charge is -2.32. The van der Waals surface area contributed by atoms with Gasteiger partial charge in [-0.1, -0.05) is 55.2 Å². The van der Waals surface area contributed by atoms with Gasteiger partial charge < -0.3 is 14.8 Å². The van der Waals surface area contributed by atoms with E-state index in [1.54, 1.807) is 0 Å². The fraction of sp³-hybridized carbons (Fsp3) is 0.941. The van der Waals surface area contributed by atoms with Crippen LogP contribution in [0.2, 0.25) is 0 Å². The normalized spacial score (nSPS) is 16.0. The molecule has 1 N–H and O–H groups in total. The zero-order valence-electron chi connectivity index (χ0n) is 15.1. The van der Waals surface area contributed by atoms with Crippen LogP contribution in [0.25, 0.3) is 0 Å². The standard InChI is InChI=1S/C17H34INO3/c1-7-8-9-10-11-14(2)21-17(6,12-18)13-19-15(20)22-16(3,4)5/h14H,7-13H2,1-6H3,(H,19,20). The van der Waals surface area contributed by atoms with E-state index in [-0.39, 0.29) is 17.8 Å². The van der Waals surface area contributed by atoms with E-state index < -0.39 is 5.60 Å². The summed E-state index contributed by atoms with van der Waals surface area (Å²) in [7, 11) is 0. The van der Waals surface area contributed by atoms with Crippen LogP contribution >= 0.6 is 22.6 Å². The van der Waals surface area contributed by atoms with Crippen molar-refractivity contribution in [1.82, 2.24) is 5.32 Å². The van der Waals surface area contributed by atoms with Crippen LogP contribution in [0.5, 0.6) is 0 Å². The second-order valence-corrected chi connectivity index (χ2v) is 7.98. The summed E-state index contributed by atoms with van der Waals surface area (Å²) in [5, 5.41) is 2.82. The molecule has 0 bridgehead atoms.